The molecule has 1 rings (SSSR count). The van der Waals surface area contributed by atoms with Gasteiger partial charge in [-0.3, -0.25) is 4.79 Å². The first-order valence-electron chi connectivity index (χ1n) is 5.08. The minimum Gasteiger partial charge on any atom is -0.508 e. The second-order valence-corrected chi connectivity index (χ2v) is 3.28. The molecule has 0 unspecified atom stereocenters. The maximum atomic E-state index is 11.3. The van der Waals surface area contributed by atoms with Gasteiger partial charge in [0.05, 0.1) is 25.7 Å². The summed E-state index contributed by atoms with van der Waals surface area (Å²) in [5.74, 6) is -0.261. The van der Waals surface area contributed by atoms with Gasteiger partial charge >= 0.3 is 5.97 Å². The van der Waals surface area contributed by atoms with Gasteiger partial charge in [-0.25, -0.2) is 0 Å². The highest BCUT2D eigenvalue weighted by Crippen LogP contribution is 2.27. The lowest BCUT2D eigenvalue weighted by Crippen LogP contribution is -2.09. The van der Waals surface area contributed by atoms with Crippen LogP contribution in [-0.4, -0.2) is 24.8 Å². The number of phenolic OH excluding ortho intramolecular Hbond substituents is 1. The molecule has 0 aliphatic heterocycles. The van der Waals surface area contributed by atoms with E-state index in [9.17, 15) is 9.90 Å². The standard InChI is InChI=1S/C12H13NO4/c1-3-17-12(15)5-8-4-9(14)6-11(16-2)10(8)7-13/h4,6,14H,3,5H2,1-2H3. The number of methoxy groups -OCH3 is 1. The molecule has 0 atom stereocenters. The summed E-state index contributed by atoms with van der Waals surface area (Å²) in [4.78, 5) is 11.3. The average Bonchev–Trinajstić information content (AvgIpc) is 2.28. The van der Waals surface area contributed by atoms with Crippen molar-refractivity contribution in [3.05, 3.63) is 23.3 Å². The van der Waals surface area contributed by atoms with E-state index >= 15 is 0 Å². The van der Waals surface area contributed by atoms with Crippen LogP contribution in [0.5, 0.6) is 11.5 Å². The highest BCUT2D eigenvalue weighted by molar-refractivity contribution is 5.74. The number of esters is 1. The molecule has 5 nitrogen and oxygen atoms in total. The maximum Gasteiger partial charge on any atom is 0.310 e. The van der Waals surface area contributed by atoms with Crippen molar-refractivity contribution in [2.75, 3.05) is 13.7 Å². The monoisotopic (exact) mass is 235 g/mol. The van der Waals surface area contributed by atoms with Gasteiger partial charge in [-0.15, -0.1) is 0 Å². The van der Waals surface area contributed by atoms with Crippen LogP contribution in [-0.2, 0) is 16.0 Å². The molecule has 0 amide bonds. The first-order chi connectivity index (χ1) is 8.12. The highest BCUT2D eigenvalue weighted by atomic mass is 16.5. The van der Waals surface area contributed by atoms with Gasteiger partial charge in [-0.2, -0.15) is 5.26 Å². The van der Waals surface area contributed by atoms with Gasteiger partial charge in [-0.05, 0) is 18.6 Å². The minimum absolute atomic E-state index is 0.0554. The van der Waals surface area contributed by atoms with Crippen LogP contribution in [0.3, 0.4) is 0 Å². The predicted octanol–water partition coefficient (Wildman–Crippen LogP) is 1.38. The fraction of sp³-hybridized carbons (Fsp3) is 0.333. The normalized spacial score (nSPS) is 9.47. The number of hydrogen-bond donors (Lipinski definition) is 1. The Bertz CT molecular complexity index is 462. The molecule has 1 aromatic carbocycles. The molecule has 0 spiro atoms. The molecular weight excluding hydrogens is 222 g/mol. The van der Waals surface area contributed by atoms with Crippen LogP contribution in [0.4, 0.5) is 0 Å². The van der Waals surface area contributed by atoms with Crippen molar-refractivity contribution in [1.29, 1.82) is 5.26 Å². The van der Waals surface area contributed by atoms with Crippen LogP contribution in [0.2, 0.25) is 0 Å². The number of ether oxygens (including phenoxy) is 2. The fourth-order valence-electron chi connectivity index (χ4n) is 1.45. The number of hydrogen-bond acceptors (Lipinski definition) is 5. The summed E-state index contributed by atoms with van der Waals surface area (Å²) in [6.45, 7) is 1.98. The zero-order chi connectivity index (χ0) is 12.8. The van der Waals surface area contributed by atoms with E-state index in [1.807, 2.05) is 6.07 Å². The van der Waals surface area contributed by atoms with E-state index in [1.165, 1.54) is 19.2 Å². The Hall–Kier alpha value is -2.22. The Labute approximate surface area is 99.2 Å². The number of phenols is 1. The van der Waals surface area contributed by atoms with E-state index in [-0.39, 0.29) is 30.1 Å². The molecule has 0 saturated carbocycles. The van der Waals surface area contributed by atoms with Crippen molar-refractivity contribution in [1.82, 2.24) is 0 Å². The van der Waals surface area contributed by atoms with Crippen molar-refractivity contribution in [2.45, 2.75) is 13.3 Å². The van der Waals surface area contributed by atoms with Gasteiger partial charge in [0, 0.05) is 6.07 Å². The van der Waals surface area contributed by atoms with Crippen LogP contribution >= 0.6 is 0 Å². The third-order valence-electron chi connectivity index (χ3n) is 2.14. The Morgan fingerprint density at radius 2 is 2.24 bits per heavy atom. The predicted molar refractivity (Wildman–Crippen MR) is 59.7 cm³/mol. The Balaban J connectivity index is 3.10. The second-order valence-electron chi connectivity index (χ2n) is 3.28. The van der Waals surface area contributed by atoms with Gasteiger partial charge in [0.15, 0.2) is 0 Å². The second kappa shape index (κ2) is 5.75. The Morgan fingerprint density at radius 1 is 1.53 bits per heavy atom. The topological polar surface area (TPSA) is 79.6 Å². The third-order valence-corrected chi connectivity index (χ3v) is 2.14. The molecule has 0 aliphatic carbocycles. The van der Waals surface area contributed by atoms with Crippen LogP contribution in [0.15, 0.2) is 12.1 Å². The molecular formula is C12H13NO4. The molecule has 90 valence electrons. The zero-order valence-corrected chi connectivity index (χ0v) is 9.69. The Morgan fingerprint density at radius 3 is 2.76 bits per heavy atom. The van der Waals surface area contributed by atoms with Crippen LogP contribution in [0, 0.1) is 11.3 Å². The highest BCUT2D eigenvalue weighted by Gasteiger charge is 2.14. The smallest absolute Gasteiger partial charge is 0.310 e. The van der Waals surface area contributed by atoms with E-state index in [2.05, 4.69) is 0 Å². The first-order valence-corrected chi connectivity index (χ1v) is 5.08. The van der Waals surface area contributed by atoms with E-state index in [4.69, 9.17) is 14.7 Å². The molecule has 0 aliphatic rings. The summed E-state index contributed by atoms with van der Waals surface area (Å²) in [5, 5.41) is 18.4. The SMILES string of the molecule is CCOC(=O)Cc1cc(O)cc(OC)c1C#N. The number of nitrogens with zero attached hydrogens (tertiary/aromatic N) is 1. The quantitative estimate of drug-likeness (QED) is 0.797. The van der Waals surface area contributed by atoms with Gasteiger partial charge in [-0.1, -0.05) is 0 Å². The fourth-order valence-corrected chi connectivity index (χ4v) is 1.45. The van der Waals surface area contributed by atoms with Gasteiger partial charge in [0.1, 0.15) is 17.6 Å². The third kappa shape index (κ3) is 3.11. The van der Waals surface area contributed by atoms with Crippen LogP contribution in [0.25, 0.3) is 0 Å². The molecule has 0 aromatic heterocycles. The lowest BCUT2D eigenvalue weighted by molar-refractivity contribution is -0.142. The van der Waals surface area contributed by atoms with Crippen LogP contribution in [0.1, 0.15) is 18.1 Å². The van der Waals surface area contributed by atoms with E-state index < -0.39 is 5.97 Å². The molecule has 1 N–H and O–H groups in total. The molecule has 0 fully saturated rings. The number of carbonyl (C=O) groups is 1. The van der Waals surface area contributed by atoms with Crippen molar-refractivity contribution in [3.63, 3.8) is 0 Å². The van der Waals surface area contributed by atoms with Crippen LogP contribution < -0.4 is 4.74 Å². The molecule has 17 heavy (non-hydrogen) atoms. The maximum absolute atomic E-state index is 11.3. The summed E-state index contributed by atoms with van der Waals surface area (Å²) in [7, 11) is 1.39. The molecule has 0 saturated heterocycles. The van der Waals surface area contributed by atoms with Gasteiger partial charge in [0.25, 0.3) is 0 Å². The molecule has 0 bridgehead atoms. The number of aromatic hydroxyl groups is 1. The van der Waals surface area contributed by atoms with Crippen molar-refractivity contribution in [3.8, 4) is 17.6 Å². The number of benzene rings is 1. The summed E-state index contributed by atoms with van der Waals surface area (Å²) in [6, 6.07) is 4.63. The summed E-state index contributed by atoms with van der Waals surface area (Å²) < 4.78 is 9.75. The summed E-state index contributed by atoms with van der Waals surface area (Å²) in [5.41, 5.74) is 0.626. The lowest BCUT2D eigenvalue weighted by Gasteiger charge is -2.09. The van der Waals surface area contributed by atoms with E-state index in [0.29, 0.717) is 5.56 Å². The zero-order valence-electron chi connectivity index (χ0n) is 9.69. The summed E-state index contributed by atoms with van der Waals surface area (Å²) >= 11 is 0. The molecule has 0 radical (unpaired) electrons. The molecule has 1 aromatic rings. The van der Waals surface area contributed by atoms with Gasteiger partial charge in [0.2, 0.25) is 0 Å². The van der Waals surface area contributed by atoms with Crippen molar-refractivity contribution in [2.24, 2.45) is 0 Å². The van der Waals surface area contributed by atoms with Gasteiger partial charge < -0.3 is 14.6 Å². The first kappa shape index (κ1) is 12.8. The van der Waals surface area contributed by atoms with Crippen molar-refractivity contribution < 1.29 is 19.4 Å². The largest absolute Gasteiger partial charge is 0.508 e. The Kier molecular flexibility index (Phi) is 4.35. The average molecular weight is 235 g/mol. The molecule has 5 heteroatoms. The minimum atomic E-state index is -0.448. The van der Waals surface area contributed by atoms with E-state index in [1.54, 1.807) is 6.92 Å². The number of rotatable bonds is 4. The van der Waals surface area contributed by atoms with E-state index in [0.717, 1.165) is 0 Å². The number of carbonyl (C=O) groups excluding carboxylic acids is 1. The number of nitriles is 1. The molecule has 0 heterocycles. The van der Waals surface area contributed by atoms with Crippen molar-refractivity contribution >= 4 is 5.97 Å². The lowest BCUT2D eigenvalue weighted by atomic mass is 10.0. The summed E-state index contributed by atoms with van der Waals surface area (Å²) in [6.07, 6.45) is -0.0680.